The molecule has 4 heteroatoms. The van der Waals surface area contributed by atoms with Crippen LogP contribution in [-0.2, 0) is 7.05 Å². The summed E-state index contributed by atoms with van der Waals surface area (Å²) in [4.78, 5) is 4.77. The Kier molecular flexibility index (Phi) is 4.66. The van der Waals surface area contributed by atoms with Crippen LogP contribution < -0.4 is 4.57 Å². The van der Waals surface area contributed by atoms with E-state index in [2.05, 4.69) is 120 Å². The number of hydrogen-bond donors (Lipinski definition) is 0. The molecule has 8 aromatic rings. The van der Waals surface area contributed by atoms with Gasteiger partial charge in [0.15, 0.2) is 0 Å². The Balaban J connectivity index is 1.38. The Morgan fingerprint density at radius 2 is 1.50 bits per heavy atom. The molecule has 0 radical (unpaired) electrons. The molecular formula is C34H24N3Se+. The van der Waals surface area contributed by atoms with Crippen molar-refractivity contribution in [2.45, 2.75) is 6.92 Å². The van der Waals surface area contributed by atoms with Gasteiger partial charge in [0.1, 0.15) is 0 Å². The second-order valence-corrected chi connectivity index (χ2v) is 12.2. The van der Waals surface area contributed by atoms with Gasteiger partial charge in [-0.15, -0.1) is 0 Å². The number of aryl methyl sites for hydroxylation is 2. The van der Waals surface area contributed by atoms with Gasteiger partial charge in [-0.2, -0.15) is 0 Å². The van der Waals surface area contributed by atoms with Crippen LogP contribution in [0.1, 0.15) is 5.56 Å². The first kappa shape index (κ1) is 21.8. The van der Waals surface area contributed by atoms with Crippen LogP contribution in [0.15, 0.2) is 109 Å². The van der Waals surface area contributed by atoms with Crippen LogP contribution in [0, 0.1) is 6.92 Å². The monoisotopic (exact) mass is 554 g/mol. The number of nitrogens with zero attached hydrogens (tertiary/aromatic N) is 3. The van der Waals surface area contributed by atoms with E-state index in [1.165, 1.54) is 63.2 Å². The topological polar surface area (TPSA) is 21.7 Å². The molecule has 0 fully saturated rings. The summed E-state index contributed by atoms with van der Waals surface area (Å²) >= 11 is 0.301. The van der Waals surface area contributed by atoms with E-state index in [1.54, 1.807) is 0 Å². The summed E-state index contributed by atoms with van der Waals surface area (Å²) in [5.41, 5.74) is 6.07. The molecule has 0 amide bonds. The van der Waals surface area contributed by atoms with Gasteiger partial charge in [-0.25, -0.2) is 0 Å². The van der Waals surface area contributed by atoms with Crippen molar-refractivity contribution < 1.29 is 4.57 Å². The molecule has 0 aliphatic heterocycles. The van der Waals surface area contributed by atoms with Gasteiger partial charge in [-0.1, -0.05) is 6.07 Å². The number of hydrogen-bond acceptors (Lipinski definition) is 1. The minimum absolute atomic E-state index is 0.301. The van der Waals surface area contributed by atoms with E-state index in [9.17, 15) is 0 Å². The molecule has 0 aliphatic rings. The van der Waals surface area contributed by atoms with E-state index in [1.807, 2.05) is 12.3 Å². The zero-order chi connectivity index (χ0) is 25.4. The fourth-order valence-corrected chi connectivity index (χ4v) is 8.81. The number of pyridine rings is 2. The molecule has 3 nitrogen and oxygen atoms in total. The predicted molar refractivity (Wildman–Crippen MR) is 159 cm³/mol. The summed E-state index contributed by atoms with van der Waals surface area (Å²) in [5.74, 6) is 0. The summed E-state index contributed by atoms with van der Waals surface area (Å²) in [6.45, 7) is 2.29. The molecule has 8 rings (SSSR count). The van der Waals surface area contributed by atoms with E-state index < -0.39 is 0 Å². The first-order chi connectivity index (χ1) is 18.7. The summed E-state index contributed by atoms with van der Waals surface area (Å²) in [6, 6.07) is 35.4. The number of aromatic nitrogens is 3. The van der Waals surface area contributed by atoms with Crippen molar-refractivity contribution in [1.82, 2.24) is 9.55 Å². The molecule has 180 valence electrons. The van der Waals surface area contributed by atoms with Crippen molar-refractivity contribution >= 4 is 67.6 Å². The van der Waals surface area contributed by atoms with Crippen molar-refractivity contribution in [2.75, 3.05) is 0 Å². The van der Waals surface area contributed by atoms with Crippen molar-refractivity contribution in [3.8, 4) is 15.8 Å². The van der Waals surface area contributed by atoms with Crippen molar-refractivity contribution in [3.05, 3.63) is 115 Å². The molecule has 4 heterocycles. The molecule has 0 aliphatic carbocycles. The molecule has 0 bridgehead atoms. The maximum absolute atomic E-state index is 4.77. The molecular weight excluding hydrogens is 529 g/mol. The number of benzene rings is 4. The Morgan fingerprint density at radius 3 is 2.39 bits per heavy atom. The van der Waals surface area contributed by atoms with E-state index in [4.69, 9.17) is 4.98 Å². The molecule has 0 unspecified atom stereocenters. The van der Waals surface area contributed by atoms with Crippen LogP contribution in [0.5, 0.6) is 0 Å². The van der Waals surface area contributed by atoms with Gasteiger partial charge < -0.3 is 0 Å². The van der Waals surface area contributed by atoms with Crippen LogP contribution in [-0.4, -0.2) is 24.1 Å². The standard InChI is InChI=1S/C34H24N3Se/c1-21-24-8-4-6-12-31(24)38-33(21)32-28-15-13-22-20-23(14-16-25(22)26(28)17-19-36(32)2)37-30-11-5-3-9-27(30)29-10-7-18-35-34(29)37/h3-20H,1-2H3/q+1. The fraction of sp³-hybridized carbons (Fsp3) is 0.0588. The van der Waals surface area contributed by atoms with Gasteiger partial charge in [0.2, 0.25) is 0 Å². The van der Waals surface area contributed by atoms with Crippen molar-refractivity contribution in [3.63, 3.8) is 0 Å². The fourth-order valence-electron chi connectivity index (χ4n) is 6.06. The van der Waals surface area contributed by atoms with Crippen LogP contribution in [0.25, 0.3) is 68.9 Å². The average Bonchev–Trinajstić information content (AvgIpc) is 3.47. The Hall–Kier alpha value is -4.24. The van der Waals surface area contributed by atoms with Crippen molar-refractivity contribution in [2.24, 2.45) is 7.05 Å². The molecule has 0 N–H and O–H groups in total. The minimum atomic E-state index is 0.301. The zero-order valence-electron chi connectivity index (χ0n) is 21.1. The Bertz CT molecular complexity index is 2160. The predicted octanol–water partition coefficient (Wildman–Crippen LogP) is 7.50. The number of rotatable bonds is 2. The quantitative estimate of drug-likeness (QED) is 0.123. The zero-order valence-corrected chi connectivity index (χ0v) is 22.9. The van der Waals surface area contributed by atoms with Crippen LogP contribution >= 0.6 is 0 Å². The second kappa shape index (κ2) is 8.13. The van der Waals surface area contributed by atoms with Crippen LogP contribution in [0.4, 0.5) is 0 Å². The van der Waals surface area contributed by atoms with Gasteiger partial charge in [-0.05, 0) is 6.07 Å². The molecule has 0 saturated heterocycles. The third kappa shape index (κ3) is 3.02. The second-order valence-electron chi connectivity index (χ2n) is 9.99. The van der Waals surface area contributed by atoms with Gasteiger partial charge in [-0.3, -0.25) is 0 Å². The molecule has 0 spiro atoms. The molecule has 4 aromatic heterocycles. The van der Waals surface area contributed by atoms with Gasteiger partial charge in [0, 0.05) is 0 Å². The summed E-state index contributed by atoms with van der Waals surface area (Å²) < 4.78 is 7.56. The number of para-hydroxylation sites is 1. The average molecular weight is 554 g/mol. The summed E-state index contributed by atoms with van der Waals surface area (Å²) in [5, 5.41) is 8.96. The third-order valence-corrected chi connectivity index (χ3v) is 10.6. The molecule has 0 saturated carbocycles. The summed E-state index contributed by atoms with van der Waals surface area (Å²) in [6.07, 6.45) is 4.11. The first-order valence-electron chi connectivity index (χ1n) is 12.9. The molecule has 0 atom stereocenters. The summed E-state index contributed by atoms with van der Waals surface area (Å²) in [7, 11) is 2.18. The van der Waals surface area contributed by atoms with E-state index in [-0.39, 0.29) is 0 Å². The number of fused-ring (bicyclic) bond motifs is 7. The van der Waals surface area contributed by atoms with Gasteiger partial charge in [0.25, 0.3) is 0 Å². The Morgan fingerprint density at radius 1 is 0.711 bits per heavy atom. The SMILES string of the molecule is Cc1c(-c2c3ccc4cc(-n5c6ccccc6c6cccnc65)ccc4c3cc[n+]2C)[se]c2ccccc12. The third-order valence-electron chi connectivity index (χ3n) is 7.87. The van der Waals surface area contributed by atoms with Gasteiger partial charge in [0.05, 0.1) is 0 Å². The van der Waals surface area contributed by atoms with E-state index in [0.29, 0.717) is 14.5 Å². The maximum atomic E-state index is 4.77. The van der Waals surface area contributed by atoms with E-state index >= 15 is 0 Å². The Labute approximate surface area is 226 Å². The first-order valence-corrected chi connectivity index (χ1v) is 14.6. The normalized spacial score (nSPS) is 11.9. The van der Waals surface area contributed by atoms with Crippen LogP contribution in [0.2, 0.25) is 0 Å². The van der Waals surface area contributed by atoms with Crippen molar-refractivity contribution in [1.29, 1.82) is 0 Å². The molecule has 38 heavy (non-hydrogen) atoms. The van der Waals surface area contributed by atoms with E-state index in [0.717, 1.165) is 11.3 Å². The van der Waals surface area contributed by atoms with Crippen LogP contribution in [0.3, 0.4) is 0 Å². The van der Waals surface area contributed by atoms with Gasteiger partial charge >= 0.3 is 214 Å². The molecule has 4 aromatic carbocycles.